The van der Waals surface area contributed by atoms with Gasteiger partial charge in [0.05, 0.1) is 4.92 Å². The second-order valence-corrected chi connectivity index (χ2v) is 4.73. The number of aromatic amines is 2. The van der Waals surface area contributed by atoms with Crippen LogP contribution in [0.4, 0.5) is 5.69 Å². The van der Waals surface area contributed by atoms with E-state index in [2.05, 4.69) is 9.97 Å². The van der Waals surface area contributed by atoms with Crippen LogP contribution >= 0.6 is 12.2 Å². The molecule has 0 saturated carbocycles. The molecule has 7 heteroatoms. The fourth-order valence-electron chi connectivity index (χ4n) is 2.03. The predicted molar refractivity (Wildman–Crippen MR) is 77.5 cm³/mol. The summed E-state index contributed by atoms with van der Waals surface area (Å²) in [6, 6.07) is 6.26. The van der Waals surface area contributed by atoms with E-state index in [0.717, 1.165) is 5.69 Å². The van der Waals surface area contributed by atoms with Crippen molar-refractivity contribution in [3.8, 4) is 0 Å². The van der Waals surface area contributed by atoms with Crippen LogP contribution in [0, 0.1) is 14.9 Å². The molecule has 0 aliphatic heterocycles. The van der Waals surface area contributed by atoms with Crippen molar-refractivity contribution in [1.29, 1.82) is 0 Å². The molecule has 0 radical (unpaired) electrons. The molecule has 1 aromatic heterocycles. The van der Waals surface area contributed by atoms with E-state index in [1.54, 1.807) is 12.1 Å². The molecule has 1 aromatic carbocycles. The summed E-state index contributed by atoms with van der Waals surface area (Å²) in [6.45, 7) is 1.91. The van der Waals surface area contributed by atoms with Gasteiger partial charge in [-0.2, -0.15) is 0 Å². The van der Waals surface area contributed by atoms with Gasteiger partial charge in [0.15, 0.2) is 4.77 Å². The Balaban J connectivity index is 2.45. The monoisotopic (exact) mass is 291 g/mol. The van der Waals surface area contributed by atoms with Gasteiger partial charge >= 0.3 is 0 Å². The van der Waals surface area contributed by atoms with Crippen molar-refractivity contribution in [2.45, 2.75) is 19.8 Å². The van der Waals surface area contributed by atoms with Gasteiger partial charge in [-0.3, -0.25) is 19.9 Å². The van der Waals surface area contributed by atoms with Gasteiger partial charge < -0.3 is 4.98 Å². The highest BCUT2D eigenvalue weighted by atomic mass is 32.1. The number of nitro groups is 1. The summed E-state index contributed by atoms with van der Waals surface area (Å²) in [5.41, 5.74) is 1.79. The van der Waals surface area contributed by atoms with E-state index < -0.39 is 4.92 Å². The topological polar surface area (TPSA) is 91.8 Å². The summed E-state index contributed by atoms with van der Waals surface area (Å²) in [7, 11) is 0. The van der Waals surface area contributed by atoms with E-state index in [-0.39, 0.29) is 16.0 Å². The Labute approximate surface area is 119 Å². The SMILES string of the molecule is CCc1[nH]c(=S)[nH]c(=O)c1Cc1cccc([N+](=O)[O-])c1. The van der Waals surface area contributed by atoms with Gasteiger partial charge in [0.2, 0.25) is 0 Å². The molecule has 0 aliphatic rings. The van der Waals surface area contributed by atoms with Gasteiger partial charge in [-0.25, -0.2) is 0 Å². The Morgan fingerprint density at radius 3 is 2.75 bits per heavy atom. The number of hydrogen-bond acceptors (Lipinski definition) is 4. The number of benzene rings is 1. The lowest BCUT2D eigenvalue weighted by atomic mass is 10.0. The third kappa shape index (κ3) is 3.00. The molecule has 104 valence electrons. The Kier molecular flexibility index (Phi) is 4.09. The van der Waals surface area contributed by atoms with Crippen LogP contribution in [0.15, 0.2) is 29.1 Å². The largest absolute Gasteiger partial charge is 0.336 e. The molecule has 2 aromatic rings. The van der Waals surface area contributed by atoms with E-state index in [9.17, 15) is 14.9 Å². The maximum atomic E-state index is 12.0. The Morgan fingerprint density at radius 1 is 1.35 bits per heavy atom. The minimum Gasteiger partial charge on any atom is -0.336 e. The number of nitrogens with zero attached hydrogens (tertiary/aromatic N) is 1. The standard InChI is InChI=1S/C13H13N3O3S/c1-2-11-10(12(17)15-13(20)14-11)7-8-4-3-5-9(6-8)16(18)19/h3-6H,2,7H2,1H3,(H2,14,15,17,20). The lowest BCUT2D eigenvalue weighted by Crippen LogP contribution is -2.18. The van der Waals surface area contributed by atoms with E-state index in [1.807, 2.05) is 6.92 Å². The van der Waals surface area contributed by atoms with E-state index in [4.69, 9.17) is 12.2 Å². The number of nitro benzene ring substituents is 1. The van der Waals surface area contributed by atoms with Crippen LogP contribution in [-0.4, -0.2) is 14.9 Å². The number of aryl methyl sites for hydroxylation is 1. The molecule has 0 spiro atoms. The Bertz CT molecular complexity index is 764. The van der Waals surface area contributed by atoms with Gasteiger partial charge in [-0.15, -0.1) is 0 Å². The molecule has 0 unspecified atom stereocenters. The molecule has 0 saturated heterocycles. The summed E-state index contributed by atoms with van der Waals surface area (Å²) in [5.74, 6) is 0. The molecule has 0 amide bonds. The van der Waals surface area contributed by atoms with Gasteiger partial charge in [-0.1, -0.05) is 19.1 Å². The normalized spacial score (nSPS) is 10.4. The van der Waals surface area contributed by atoms with Crippen LogP contribution in [-0.2, 0) is 12.8 Å². The smallest absolute Gasteiger partial charge is 0.269 e. The zero-order valence-corrected chi connectivity index (χ0v) is 11.6. The zero-order chi connectivity index (χ0) is 14.7. The van der Waals surface area contributed by atoms with Gasteiger partial charge in [0, 0.05) is 29.8 Å². The molecule has 20 heavy (non-hydrogen) atoms. The zero-order valence-electron chi connectivity index (χ0n) is 10.8. The summed E-state index contributed by atoms with van der Waals surface area (Å²) in [6.07, 6.45) is 0.962. The molecule has 1 heterocycles. The van der Waals surface area contributed by atoms with Crippen LogP contribution in [0.1, 0.15) is 23.7 Å². The molecule has 0 fully saturated rings. The second kappa shape index (κ2) is 5.79. The fourth-order valence-corrected chi connectivity index (χ4v) is 2.25. The van der Waals surface area contributed by atoms with Gasteiger partial charge in [0.1, 0.15) is 0 Å². The van der Waals surface area contributed by atoms with Crippen molar-refractivity contribution in [1.82, 2.24) is 9.97 Å². The van der Waals surface area contributed by atoms with Crippen molar-refractivity contribution in [2.24, 2.45) is 0 Å². The number of nitrogens with one attached hydrogen (secondary N) is 2. The molecule has 0 bridgehead atoms. The van der Waals surface area contributed by atoms with E-state index in [1.165, 1.54) is 12.1 Å². The van der Waals surface area contributed by atoms with Crippen molar-refractivity contribution in [2.75, 3.05) is 0 Å². The van der Waals surface area contributed by atoms with Gasteiger partial charge in [-0.05, 0) is 24.2 Å². The van der Waals surface area contributed by atoms with Crippen LogP contribution in [0.25, 0.3) is 0 Å². The van der Waals surface area contributed by atoms with Crippen molar-refractivity contribution in [3.05, 3.63) is 66.3 Å². The highest BCUT2D eigenvalue weighted by Crippen LogP contribution is 2.16. The first-order valence-electron chi connectivity index (χ1n) is 6.09. The summed E-state index contributed by atoms with van der Waals surface area (Å²) in [5, 5.41) is 10.8. The lowest BCUT2D eigenvalue weighted by molar-refractivity contribution is -0.384. The first-order valence-corrected chi connectivity index (χ1v) is 6.49. The highest BCUT2D eigenvalue weighted by Gasteiger charge is 2.11. The Hall–Kier alpha value is -2.28. The summed E-state index contributed by atoms with van der Waals surface area (Å²) in [4.78, 5) is 27.8. The fraction of sp³-hybridized carbons (Fsp3) is 0.231. The molecule has 2 rings (SSSR count). The number of aromatic nitrogens is 2. The van der Waals surface area contributed by atoms with Crippen LogP contribution in [0.5, 0.6) is 0 Å². The number of H-pyrrole nitrogens is 2. The number of rotatable bonds is 4. The first-order chi connectivity index (χ1) is 9.51. The van der Waals surface area contributed by atoms with Crippen molar-refractivity contribution < 1.29 is 4.92 Å². The molecule has 0 aliphatic carbocycles. The van der Waals surface area contributed by atoms with Crippen molar-refractivity contribution >= 4 is 17.9 Å². The minimum absolute atomic E-state index is 0.0147. The van der Waals surface area contributed by atoms with Crippen LogP contribution < -0.4 is 5.56 Å². The van der Waals surface area contributed by atoms with Gasteiger partial charge in [0.25, 0.3) is 11.2 Å². The number of hydrogen-bond donors (Lipinski definition) is 2. The first kappa shape index (κ1) is 14.1. The predicted octanol–water partition coefficient (Wildman–Crippen LogP) is 2.49. The Morgan fingerprint density at radius 2 is 2.10 bits per heavy atom. The average molecular weight is 291 g/mol. The van der Waals surface area contributed by atoms with E-state index in [0.29, 0.717) is 24.0 Å². The molecule has 0 atom stereocenters. The molecule has 6 nitrogen and oxygen atoms in total. The van der Waals surface area contributed by atoms with Crippen LogP contribution in [0.3, 0.4) is 0 Å². The maximum absolute atomic E-state index is 12.0. The third-order valence-corrected chi connectivity index (χ3v) is 3.19. The molecule has 2 N–H and O–H groups in total. The van der Waals surface area contributed by atoms with Crippen molar-refractivity contribution in [3.63, 3.8) is 0 Å². The molecular weight excluding hydrogens is 278 g/mol. The van der Waals surface area contributed by atoms with Crippen LogP contribution in [0.2, 0.25) is 0 Å². The number of non-ortho nitro benzene ring substituents is 1. The summed E-state index contributed by atoms with van der Waals surface area (Å²) < 4.78 is 0.287. The maximum Gasteiger partial charge on any atom is 0.269 e. The highest BCUT2D eigenvalue weighted by molar-refractivity contribution is 7.71. The second-order valence-electron chi connectivity index (χ2n) is 4.32. The lowest BCUT2D eigenvalue weighted by Gasteiger charge is -2.07. The summed E-state index contributed by atoms with van der Waals surface area (Å²) >= 11 is 4.93. The molecular formula is C13H13N3O3S. The minimum atomic E-state index is -0.451. The quantitative estimate of drug-likeness (QED) is 0.514. The third-order valence-electron chi connectivity index (χ3n) is 2.99. The van der Waals surface area contributed by atoms with E-state index >= 15 is 0 Å². The average Bonchev–Trinajstić information content (AvgIpc) is 2.41.